The number of H-pyrrole nitrogens is 1. The van der Waals surface area contributed by atoms with Crippen LogP contribution in [-0.2, 0) is 13.0 Å². The van der Waals surface area contributed by atoms with E-state index in [0.717, 1.165) is 28.6 Å². The molecule has 0 aliphatic heterocycles. The van der Waals surface area contributed by atoms with Crippen LogP contribution in [0.5, 0.6) is 5.75 Å². The summed E-state index contributed by atoms with van der Waals surface area (Å²) in [6, 6.07) is 12.6. The number of carboxylic acid groups (broad SMARTS) is 1. The highest BCUT2D eigenvalue weighted by molar-refractivity contribution is 5.87. The van der Waals surface area contributed by atoms with E-state index < -0.39 is 5.97 Å². The highest BCUT2D eigenvalue weighted by Crippen LogP contribution is 2.24. The Labute approximate surface area is 133 Å². The van der Waals surface area contributed by atoms with Crippen LogP contribution in [0.2, 0.25) is 0 Å². The van der Waals surface area contributed by atoms with Crippen molar-refractivity contribution < 1.29 is 14.6 Å². The van der Waals surface area contributed by atoms with E-state index in [1.54, 1.807) is 24.3 Å². The Bertz CT molecular complexity index is 822. The van der Waals surface area contributed by atoms with Crippen molar-refractivity contribution in [2.45, 2.75) is 13.0 Å². The van der Waals surface area contributed by atoms with Crippen molar-refractivity contribution in [2.75, 3.05) is 6.54 Å². The first kappa shape index (κ1) is 15.1. The van der Waals surface area contributed by atoms with E-state index in [-0.39, 0.29) is 5.56 Å². The van der Waals surface area contributed by atoms with Crippen LogP contribution in [-0.4, -0.2) is 22.6 Å². The number of hydrogen-bond acceptors (Lipinski definition) is 3. The van der Waals surface area contributed by atoms with E-state index in [1.165, 1.54) is 5.56 Å². The lowest BCUT2D eigenvalue weighted by Gasteiger charge is -2.07. The molecule has 118 valence electrons. The second kappa shape index (κ2) is 6.54. The van der Waals surface area contributed by atoms with Gasteiger partial charge in [-0.25, -0.2) is 4.79 Å². The van der Waals surface area contributed by atoms with Gasteiger partial charge in [-0.05, 0) is 54.4 Å². The van der Waals surface area contributed by atoms with Crippen molar-refractivity contribution in [1.82, 2.24) is 4.98 Å². The van der Waals surface area contributed by atoms with Crippen LogP contribution in [0.4, 0.5) is 0 Å². The molecule has 0 aliphatic rings. The third-order valence-corrected chi connectivity index (χ3v) is 3.76. The predicted molar refractivity (Wildman–Crippen MR) is 88.8 cm³/mol. The molecular formula is C18H18N2O3. The average Bonchev–Trinajstić information content (AvgIpc) is 2.96. The number of aromatic carboxylic acids is 1. The van der Waals surface area contributed by atoms with E-state index in [4.69, 9.17) is 15.6 Å². The highest BCUT2D eigenvalue weighted by Gasteiger charge is 2.06. The summed E-state index contributed by atoms with van der Waals surface area (Å²) in [6.07, 6.45) is 2.80. The fraction of sp³-hybridized carbons (Fsp3) is 0.167. The average molecular weight is 310 g/mol. The lowest BCUT2D eigenvalue weighted by atomic mass is 10.1. The molecule has 0 radical (unpaired) electrons. The molecule has 0 fully saturated rings. The summed E-state index contributed by atoms with van der Waals surface area (Å²) in [6.45, 7) is 0.996. The number of ether oxygens (including phenoxy) is 1. The third-order valence-electron chi connectivity index (χ3n) is 3.76. The lowest BCUT2D eigenvalue weighted by molar-refractivity contribution is 0.0697. The summed E-state index contributed by atoms with van der Waals surface area (Å²) in [4.78, 5) is 14.1. The molecule has 0 unspecified atom stereocenters. The SMILES string of the molecule is NCCc1c[nH]c2ccc(OCc3ccc(C(=O)O)cc3)cc12. The molecule has 0 aliphatic carbocycles. The first-order valence-electron chi connectivity index (χ1n) is 7.42. The second-order valence-electron chi connectivity index (χ2n) is 5.35. The van der Waals surface area contributed by atoms with Gasteiger partial charge >= 0.3 is 5.97 Å². The number of nitrogens with two attached hydrogens (primary N) is 1. The maximum Gasteiger partial charge on any atom is 0.335 e. The number of carboxylic acids is 1. The molecule has 0 spiro atoms. The highest BCUT2D eigenvalue weighted by atomic mass is 16.5. The van der Waals surface area contributed by atoms with Crippen LogP contribution in [0.1, 0.15) is 21.5 Å². The van der Waals surface area contributed by atoms with Crippen LogP contribution in [0, 0.1) is 0 Å². The molecule has 1 heterocycles. The summed E-state index contributed by atoms with van der Waals surface area (Å²) < 4.78 is 5.81. The second-order valence-corrected chi connectivity index (χ2v) is 5.35. The number of carbonyl (C=O) groups is 1. The summed E-state index contributed by atoms with van der Waals surface area (Å²) in [7, 11) is 0. The van der Waals surface area contributed by atoms with E-state index in [2.05, 4.69) is 4.98 Å². The van der Waals surface area contributed by atoms with Gasteiger partial charge in [0.05, 0.1) is 5.56 Å². The zero-order valence-corrected chi connectivity index (χ0v) is 12.6. The Morgan fingerprint density at radius 2 is 1.96 bits per heavy atom. The summed E-state index contributed by atoms with van der Waals surface area (Å²) in [5.41, 5.74) is 9.07. The molecule has 0 saturated carbocycles. The van der Waals surface area contributed by atoms with Crippen LogP contribution < -0.4 is 10.5 Å². The van der Waals surface area contributed by atoms with Crippen LogP contribution in [0.15, 0.2) is 48.7 Å². The third kappa shape index (κ3) is 3.35. The summed E-state index contributed by atoms with van der Waals surface area (Å²) >= 11 is 0. The number of fused-ring (bicyclic) bond motifs is 1. The van der Waals surface area contributed by atoms with Crippen molar-refractivity contribution in [3.63, 3.8) is 0 Å². The minimum absolute atomic E-state index is 0.272. The fourth-order valence-corrected chi connectivity index (χ4v) is 2.52. The van der Waals surface area contributed by atoms with Gasteiger partial charge in [0.1, 0.15) is 12.4 Å². The fourth-order valence-electron chi connectivity index (χ4n) is 2.52. The topological polar surface area (TPSA) is 88.3 Å². The van der Waals surface area contributed by atoms with Gasteiger partial charge in [0.15, 0.2) is 0 Å². The molecule has 5 heteroatoms. The minimum atomic E-state index is -0.928. The monoisotopic (exact) mass is 310 g/mol. The predicted octanol–water partition coefficient (Wildman–Crippen LogP) is 2.95. The maximum absolute atomic E-state index is 10.8. The zero-order chi connectivity index (χ0) is 16.2. The van der Waals surface area contributed by atoms with Gasteiger partial charge in [-0.3, -0.25) is 0 Å². The molecule has 5 nitrogen and oxygen atoms in total. The molecule has 1 aromatic heterocycles. The minimum Gasteiger partial charge on any atom is -0.489 e. The van der Waals surface area contributed by atoms with Gasteiger partial charge in [0.25, 0.3) is 0 Å². The molecule has 2 aromatic carbocycles. The Morgan fingerprint density at radius 3 is 2.65 bits per heavy atom. The van der Waals surface area contributed by atoms with Gasteiger partial charge in [0.2, 0.25) is 0 Å². The van der Waals surface area contributed by atoms with Crippen LogP contribution in [0.3, 0.4) is 0 Å². The van der Waals surface area contributed by atoms with Gasteiger partial charge in [0, 0.05) is 17.1 Å². The molecule has 3 aromatic rings. The van der Waals surface area contributed by atoms with E-state index in [1.807, 2.05) is 24.4 Å². The molecule has 0 atom stereocenters. The zero-order valence-electron chi connectivity index (χ0n) is 12.6. The van der Waals surface area contributed by atoms with E-state index >= 15 is 0 Å². The van der Waals surface area contributed by atoms with Crippen molar-refractivity contribution in [2.24, 2.45) is 5.73 Å². The lowest BCUT2D eigenvalue weighted by Crippen LogP contribution is -2.02. The van der Waals surface area contributed by atoms with Crippen LogP contribution >= 0.6 is 0 Å². The molecule has 23 heavy (non-hydrogen) atoms. The number of aromatic amines is 1. The van der Waals surface area contributed by atoms with Crippen molar-refractivity contribution in [3.8, 4) is 5.75 Å². The Kier molecular flexibility index (Phi) is 4.30. The first-order valence-corrected chi connectivity index (χ1v) is 7.42. The number of rotatable bonds is 6. The smallest absolute Gasteiger partial charge is 0.335 e. The molecule has 3 rings (SSSR count). The summed E-state index contributed by atoms with van der Waals surface area (Å²) in [5, 5.41) is 10.0. The van der Waals surface area contributed by atoms with Gasteiger partial charge in [-0.15, -0.1) is 0 Å². The molecule has 0 bridgehead atoms. The number of aromatic nitrogens is 1. The van der Waals surface area contributed by atoms with Crippen molar-refractivity contribution >= 4 is 16.9 Å². The standard InChI is InChI=1S/C18H18N2O3/c19-8-7-14-10-20-17-6-5-15(9-16(14)17)23-11-12-1-3-13(4-2-12)18(21)22/h1-6,9-10,20H,7-8,11,19H2,(H,21,22). The van der Waals surface area contributed by atoms with E-state index in [9.17, 15) is 4.79 Å². The quantitative estimate of drug-likeness (QED) is 0.653. The van der Waals surface area contributed by atoms with Crippen LogP contribution in [0.25, 0.3) is 10.9 Å². The van der Waals surface area contributed by atoms with Gasteiger partial charge in [-0.2, -0.15) is 0 Å². The Hall–Kier alpha value is -2.79. The largest absolute Gasteiger partial charge is 0.489 e. The van der Waals surface area contributed by atoms with Gasteiger partial charge < -0.3 is 20.6 Å². The maximum atomic E-state index is 10.8. The number of hydrogen-bond donors (Lipinski definition) is 3. The van der Waals surface area contributed by atoms with E-state index in [0.29, 0.717) is 13.2 Å². The first-order chi connectivity index (χ1) is 11.2. The number of nitrogens with one attached hydrogen (secondary N) is 1. The molecule has 4 N–H and O–H groups in total. The number of benzene rings is 2. The molecule has 0 amide bonds. The Morgan fingerprint density at radius 1 is 1.17 bits per heavy atom. The normalized spacial score (nSPS) is 10.8. The summed E-state index contributed by atoms with van der Waals surface area (Å²) in [5.74, 6) is -0.152. The van der Waals surface area contributed by atoms with Crippen molar-refractivity contribution in [3.05, 3.63) is 65.4 Å². The molecule has 0 saturated heterocycles. The van der Waals surface area contributed by atoms with Gasteiger partial charge in [-0.1, -0.05) is 12.1 Å². The molecular weight excluding hydrogens is 292 g/mol. The Balaban J connectivity index is 1.73. The van der Waals surface area contributed by atoms with Crippen molar-refractivity contribution in [1.29, 1.82) is 0 Å².